The molecule has 0 aliphatic carbocycles. The van der Waals surface area contributed by atoms with E-state index in [1.54, 1.807) is 66.7 Å². The summed E-state index contributed by atoms with van der Waals surface area (Å²) in [6.45, 7) is -0.348. The number of ketones is 1. The number of hydrogen-bond acceptors (Lipinski definition) is 20. The number of carbonyl (C=O) groups is 2. The fraction of sp³-hybridized carbons (Fsp3) is 0.125. The van der Waals surface area contributed by atoms with Crippen LogP contribution in [0.25, 0.3) is 11.0 Å². The highest BCUT2D eigenvalue weighted by atomic mass is 35.5. The summed E-state index contributed by atoms with van der Waals surface area (Å²) in [5.41, 5.74) is 35.1. The number of nitro benzene ring substituents is 2. The van der Waals surface area contributed by atoms with Crippen LogP contribution in [0.15, 0.2) is 182 Å². The van der Waals surface area contributed by atoms with E-state index in [-0.39, 0.29) is 82.2 Å². The maximum atomic E-state index is 11.3. The smallest absolute Gasteiger partial charge is 0.329 e. The lowest BCUT2D eigenvalue weighted by Crippen LogP contribution is -2.09. The number of rotatable bonds is 20. The number of H-pyrrole nitrogens is 1. The molecule has 0 spiro atoms. The molecule has 0 saturated carbocycles. The van der Waals surface area contributed by atoms with Crippen molar-refractivity contribution in [1.29, 1.82) is 0 Å². The normalized spacial score (nSPS) is 10.2. The van der Waals surface area contributed by atoms with Gasteiger partial charge in [0.05, 0.1) is 69.0 Å². The summed E-state index contributed by atoms with van der Waals surface area (Å²) in [5.74, 6) is 0.680. The largest absolute Gasteiger partial charge is 0.487 e. The fourth-order valence-corrected chi connectivity index (χ4v) is 10.5. The molecule has 1 aromatic heterocycles. The number of halogens is 11. The quantitative estimate of drug-likeness (QED) is 0.0192. The number of nitro groups is 2. The number of imidazole rings is 1. The third-order valence-corrected chi connectivity index (χ3v) is 17.5. The number of Topliss-reactive ketones (excluding diaryl/α,β-unsaturated/α-hetero) is 1. The lowest BCUT2D eigenvalue weighted by Gasteiger charge is -2.12. The molecule has 10 aromatic carbocycles. The fourth-order valence-electron chi connectivity index (χ4n) is 8.33. The Labute approximate surface area is 666 Å². The highest BCUT2D eigenvalue weighted by molar-refractivity contribution is 6.42. The summed E-state index contributed by atoms with van der Waals surface area (Å²) in [6, 6.07) is 51.3. The van der Waals surface area contributed by atoms with Crippen molar-refractivity contribution >= 4 is 190 Å². The topological polar surface area (TPSA) is 417 Å². The van der Waals surface area contributed by atoms with Crippen LogP contribution in [0.3, 0.4) is 0 Å². The number of nitrogen functional groups attached to an aromatic ring is 5. The second kappa shape index (κ2) is 44.8. The van der Waals surface area contributed by atoms with Crippen LogP contribution in [0.5, 0.6) is 23.0 Å². The van der Waals surface area contributed by atoms with Crippen LogP contribution in [-0.2, 0) is 55.7 Å². The van der Waals surface area contributed by atoms with Crippen LogP contribution in [0.1, 0.15) is 39.2 Å². The lowest BCUT2D eigenvalue weighted by atomic mass is 10.1. The number of aliphatic hydroxyl groups excluding tert-OH is 4. The first-order chi connectivity index (χ1) is 50.9. The number of aliphatic hydroxyl groups is 4. The van der Waals surface area contributed by atoms with Crippen molar-refractivity contribution in [2.75, 3.05) is 41.9 Å². The van der Waals surface area contributed by atoms with Gasteiger partial charge < -0.3 is 78.1 Å². The van der Waals surface area contributed by atoms with Crippen molar-refractivity contribution < 1.29 is 63.9 Å². The number of nitrogens with two attached hydrogens (primary N) is 5. The summed E-state index contributed by atoms with van der Waals surface area (Å²) in [4.78, 5) is 47.4. The zero-order valence-electron chi connectivity index (χ0n) is 55.4. The zero-order chi connectivity index (χ0) is 79.0. The van der Waals surface area contributed by atoms with Crippen molar-refractivity contribution in [2.24, 2.45) is 0 Å². The van der Waals surface area contributed by atoms with Crippen molar-refractivity contribution in [1.82, 2.24) is 9.97 Å². The summed E-state index contributed by atoms with van der Waals surface area (Å²) in [6.07, 6.45) is 0.0346. The molecule has 0 fully saturated rings. The van der Waals surface area contributed by atoms with Crippen LogP contribution in [0, 0.1) is 20.2 Å². The van der Waals surface area contributed by atoms with Crippen LogP contribution < -0.4 is 47.6 Å². The third-order valence-electron chi connectivity index (χ3n) is 13.8. The van der Waals surface area contributed by atoms with Gasteiger partial charge in [-0.15, -0.1) is 0 Å². The molecule has 0 atom stereocenters. The van der Waals surface area contributed by atoms with Gasteiger partial charge in [0.2, 0.25) is 0 Å². The number of aromatic amines is 1. The second-order valence-corrected chi connectivity index (χ2v) is 25.9. The van der Waals surface area contributed by atoms with E-state index in [0.717, 1.165) is 39.4 Å². The van der Waals surface area contributed by atoms with Crippen LogP contribution in [0.4, 0.5) is 39.8 Å². The highest BCUT2D eigenvalue weighted by Gasteiger charge is 2.19. The minimum absolute atomic E-state index is 0.00596. The number of hydrogen-bond donors (Lipinski definition) is 11. The van der Waals surface area contributed by atoms with Crippen molar-refractivity contribution in [3.8, 4) is 23.0 Å². The Kier molecular flexibility index (Phi) is 37.1. The molecule has 11 rings (SSSR count). The average Bonchev–Trinajstić information content (AvgIpc) is 1.68. The number of nitrogens with zero attached hydrogens (tertiary/aromatic N) is 3. The monoisotopic (exact) mass is 1680 g/mol. The number of nitrogens with one attached hydrogen (secondary N) is 1. The molecule has 1 heterocycles. The standard InChI is InChI=1S/C16H15Cl2NO3.C15H12Cl2N2O2.C13H10Cl2N2O3.C13H12Cl2N2O.C7H7ClO.C6H4Cl2N2O2.C2H4O3/c17-13-4-2-1-3-10(13)9-22-16-7-15(19)11(6-14(16)18)5-12(21)8-20;16-10-4-2-1-3-9(10)8-21-14-6-13-12(5-11(14)17)18-15(7-20)19-13;14-9-4-2-1-3-8(9)7-20-13-6-11(16)12(17(18)19)5-10(13)15;14-9-4-2-1-3-8(9)7-18-13-6-12(17)11(16)5-10(13)15;8-7-4-2-1-3-6(7)5-9;7-3-1-5(9)6(10(11)12)2-4(3)8;3-1-2(4)5/h1-4,6-7,20H,5,8-9,19H2;1-6,20H,7-8H2,(H,18,19);1-6H,7,16H2;1-6H,7,16-17H2;1-4,9H,5H2;1-2H,9H2;3H,1H2,(H,4,5). The number of aliphatic carboxylic acids is 1. The Hall–Kier alpha value is -9.16. The number of carbonyl (C=O) groups excluding carboxylic acids is 1. The van der Waals surface area contributed by atoms with E-state index in [1.165, 1.54) is 18.2 Å². The average molecular weight is 1690 g/mol. The van der Waals surface area contributed by atoms with E-state index in [4.69, 9.17) is 206 Å². The van der Waals surface area contributed by atoms with E-state index < -0.39 is 29.0 Å². The molecular weight excluding hydrogens is 1620 g/mol. The maximum Gasteiger partial charge on any atom is 0.329 e. The first-order valence-electron chi connectivity index (χ1n) is 30.5. The van der Waals surface area contributed by atoms with Crippen LogP contribution in [-0.4, -0.2) is 70.3 Å². The van der Waals surface area contributed by atoms with Crippen molar-refractivity contribution in [3.05, 3.63) is 297 Å². The molecule has 0 saturated heterocycles. The predicted octanol–water partition coefficient (Wildman–Crippen LogP) is 18.4. The van der Waals surface area contributed by atoms with E-state index in [0.29, 0.717) is 105 Å². The van der Waals surface area contributed by atoms with Crippen LogP contribution in [0.2, 0.25) is 55.2 Å². The van der Waals surface area contributed by atoms with E-state index in [9.17, 15) is 25.0 Å². The number of fused-ring (bicyclic) bond motifs is 1. The molecule has 16 N–H and O–H groups in total. The molecule has 0 aliphatic heterocycles. The summed E-state index contributed by atoms with van der Waals surface area (Å²) in [5, 5.41) is 67.4. The van der Waals surface area contributed by atoms with Crippen molar-refractivity contribution in [2.45, 2.75) is 46.1 Å². The Morgan fingerprint density at radius 2 is 0.701 bits per heavy atom. The maximum absolute atomic E-state index is 11.3. The molecule has 35 heteroatoms. The van der Waals surface area contributed by atoms with Gasteiger partial charge in [0.25, 0.3) is 11.4 Å². The van der Waals surface area contributed by atoms with Crippen molar-refractivity contribution in [3.63, 3.8) is 0 Å². The van der Waals surface area contributed by atoms with Gasteiger partial charge in [-0.1, -0.05) is 219 Å². The molecule has 0 amide bonds. The summed E-state index contributed by atoms with van der Waals surface area (Å²) < 4.78 is 22.4. The number of carboxylic acids is 1. The molecule has 0 bridgehead atoms. The van der Waals surface area contributed by atoms with Gasteiger partial charge in [-0.3, -0.25) is 25.0 Å². The number of carboxylic acid groups (broad SMARTS) is 1. The van der Waals surface area contributed by atoms with Gasteiger partial charge in [0.1, 0.15) is 86.4 Å². The van der Waals surface area contributed by atoms with E-state index in [2.05, 4.69) is 9.97 Å². The Morgan fingerprint density at radius 1 is 0.383 bits per heavy atom. The molecule has 107 heavy (non-hydrogen) atoms. The molecule has 24 nitrogen and oxygen atoms in total. The second-order valence-electron chi connectivity index (χ2n) is 21.4. The number of anilines is 5. The Morgan fingerprint density at radius 3 is 1.07 bits per heavy atom. The SMILES string of the molecule is Nc1cc(Cl)c(Cl)cc1[N+](=O)[O-].Nc1cc(Cl)c(OCc2ccccc2Cl)cc1N.Nc1cc(OCc2ccccc2Cl)c(Cl)cc1CC(=O)CO.Nc1cc(OCc2ccccc2Cl)c(Cl)cc1[N+](=O)[O-].O=C(O)CO.OCc1ccccc1Cl.OCc1nc2cc(OCc3ccccc3Cl)c(Cl)cc2[nH]1. The molecular formula is C72H64Cl11N9O15. The Bertz CT molecular complexity index is 4860. The third kappa shape index (κ3) is 28.8. The molecule has 0 aliphatic rings. The van der Waals surface area contributed by atoms with Crippen LogP contribution >= 0.6 is 128 Å². The highest BCUT2D eigenvalue weighted by Crippen LogP contribution is 2.38. The minimum Gasteiger partial charge on any atom is -0.487 e. The van der Waals surface area contributed by atoms with Gasteiger partial charge in [-0.25, -0.2) is 9.78 Å². The summed E-state index contributed by atoms with van der Waals surface area (Å²) >= 11 is 65.2. The number of aromatic nitrogens is 2. The van der Waals surface area contributed by atoms with E-state index >= 15 is 0 Å². The molecule has 0 radical (unpaired) electrons. The lowest BCUT2D eigenvalue weighted by molar-refractivity contribution is -0.384. The van der Waals surface area contributed by atoms with Gasteiger partial charge in [0, 0.05) is 95.9 Å². The first kappa shape index (κ1) is 88.5. The predicted molar refractivity (Wildman–Crippen MR) is 424 cm³/mol. The number of benzene rings is 10. The van der Waals surface area contributed by atoms with Gasteiger partial charge >= 0.3 is 5.97 Å². The van der Waals surface area contributed by atoms with Gasteiger partial charge in [0.15, 0.2) is 5.78 Å². The van der Waals surface area contributed by atoms with Gasteiger partial charge in [-0.2, -0.15) is 0 Å². The molecule has 0 unspecified atom stereocenters. The minimum atomic E-state index is -1.19. The van der Waals surface area contributed by atoms with E-state index in [1.807, 2.05) is 91.0 Å². The first-order valence-corrected chi connectivity index (χ1v) is 34.6. The molecule has 564 valence electrons. The Balaban J connectivity index is 0.000000231. The zero-order valence-corrected chi connectivity index (χ0v) is 63.7. The number of ether oxygens (including phenoxy) is 4. The van der Waals surface area contributed by atoms with Gasteiger partial charge in [-0.05, 0) is 65.7 Å². The molecule has 11 aromatic rings. The summed E-state index contributed by atoms with van der Waals surface area (Å²) in [7, 11) is 0.